The van der Waals surface area contributed by atoms with Gasteiger partial charge in [0.25, 0.3) is 0 Å². The van der Waals surface area contributed by atoms with E-state index in [1.54, 1.807) is 42.9 Å². The maximum Gasteiger partial charge on any atom is 0.225 e. The average molecular weight is 436 g/mol. The first-order valence-electron chi connectivity index (χ1n) is 9.56. The molecule has 9 heteroatoms. The van der Waals surface area contributed by atoms with Crippen LogP contribution in [0.3, 0.4) is 0 Å². The predicted octanol–water partition coefficient (Wildman–Crippen LogP) is 5.01. The SMILES string of the molecule is CC(=O)Nc1ccc(NC(=O)CCSc2nc(-c3ccco3)c(-c3ccco3)[nH]2)cc1. The third-order valence-electron chi connectivity index (χ3n) is 4.26. The Morgan fingerprint density at radius 2 is 1.61 bits per heavy atom. The van der Waals surface area contributed by atoms with Crippen LogP contribution in [0.15, 0.2) is 75.0 Å². The normalized spacial score (nSPS) is 10.7. The Bertz CT molecular complexity index is 1100. The van der Waals surface area contributed by atoms with Gasteiger partial charge in [-0.25, -0.2) is 4.98 Å². The minimum atomic E-state index is -0.142. The predicted molar refractivity (Wildman–Crippen MR) is 119 cm³/mol. The van der Waals surface area contributed by atoms with E-state index >= 15 is 0 Å². The van der Waals surface area contributed by atoms with E-state index in [1.807, 2.05) is 18.2 Å². The largest absolute Gasteiger partial charge is 0.463 e. The number of nitrogens with one attached hydrogen (secondary N) is 3. The summed E-state index contributed by atoms with van der Waals surface area (Å²) in [6.45, 7) is 1.45. The molecule has 3 aromatic heterocycles. The van der Waals surface area contributed by atoms with Gasteiger partial charge in [-0.1, -0.05) is 11.8 Å². The lowest BCUT2D eigenvalue weighted by molar-refractivity contribution is -0.116. The highest BCUT2D eigenvalue weighted by Crippen LogP contribution is 2.33. The van der Waals surface area contributed by atoms with Crippen molar-refractivity contribution in [1.29, 1.82) is 0 Å². The van der Waals surface area contributed by atoms with Gasteiger partial charge in [0.1, 0.15) is 11.4 Å². The summed E-state index contributed by atoms with van der Waals surface area (Å²) in [5.41, 5.74) is 2.73. The average Bonchev–Trinajstić information content (AvgIpc) is 3.50. The molecule has 0 spiro atoms. The molecule has 0 aliphatic heterocycles. The lowest BCUT2D eigenvalue weighted by atomic mass is 10.2. The van der Waals surface area contributed by atoms with Gasteiger partial charge in [-0.2, -0.15) is 0 Å². The zero-order valence-electron chi connectivity index (χ0n) is 16.7. The second kappa shape index (κ2) is 9.40. The number of nitrogens with zero attached hydrogens (tertiary/aromatic N) is 1. The van der Waals surface area contributed by atoms with Gasteiger partial charge in [0, 0.05) is 30.5 Å². The van der Waals surface area contributed by atoms with Gasteiger partial charge in [0.05, 0.1) is 12.5 Å². The van der Waals surface area contributed by atoms with Crippen molar-refractivity contribution in [2.75, 3.05) is 16.4 Å². The number of anilines is 2. The monoisotopic (exact) mass is 436 g/mol. The minimum absolute atomic E-state index is 0.108. The number of hydrogen-bond acceptors (Lipinski definition) is 6. The van der Waals surface area contributed by atoms with Crippen LogP contribution in [0.1, 0.15) is 13.3 Å². The fraction of sp³-hybridized carbons (Fsp3) is 0.136. The Balaban J connectivity index is 1.35. The topological polar surface area (TPSA) is 113 Å². The number of furan rings is 2. The Labute approximate surface area is 182 Å². The molecule has 3 N–H and O–H groups in total. The number of H-pyrrole nitrogens is 1. The number of amides is 2. The Morgan fingerprint density at radius 3 is 2.23 bits per heavy atom. The number of imidazole rings is 1. The fourth-order valence-corrected chi connectivity index (χ4v) is 3.73. The second-order valence-electron chi connectivity index (χ2n) is 6.63. The van der Waals surface area contributed by atoms with Crippen LogP contribution in [-0.4, -0.2) is 27.5 Å². The van der Waals surface area contributed by atoms with Crippen LogP contribution in [-0.2, 0) is 9.59 Å². The van der Waals surface area contributed by atoms with Gasteiger partial charge >= 0.3 is 0 Å². The maximum atomic E-state index is 12.3. The van der Waals surface area contributed by atoms with E-state index in [0.29, 0.717) is 45.9 Å². The van der Waals surface area contributed by atoms with Gasteiger partial charge in [-0.15, -0.1) is 0 Å². The molecule has 4 aromatic rings. The summed E-state index contributed by atoms with van der Waals surface area (Å²) in [7, 11) is 0. The van der Waals surface area contributed by atoms with E-state index in [1.165, 1.54) is 18.7 Å². The first-order valence-corrected chi connectivity index (χ1v) is 10.5. The van der Waals surface area contributed by atoms with Crippen LogP contribution in [0.25, 0.3) is 22.9 Å². The van der Waals surface area contributed by atoms with Gasteiger partial charge in [-0.05, 0) is 48.5 Å². The molecule has 31 heavy (non-hydrogen) atoms. The summed E-state index contributed by atoms with van der Waals surface area (Å²) in [6, 6.07) is 14.3. The molecule has 0 aliphatic carbocycles. The van der Waals surface area contributed by atoms with E-state index in [0.717, 1.165) is 5.69 Å². The molecule has 0 saturated carbocycles. The highest BCUT2D eigenvalue weighted by Gasteiger charge is 2.18. The summed E-state index contributed by atoms with van der Waals surface area (Å²) in [5, 5.41) is 6.20. The van der Waals surface area contributed by atoms with E-state index in [4.69, 9.17) is 8.83 Å². The van der Waals surface area contributed by atoms with Crippen LogP contribution in [0.4, 0.5) is 11.4 Å². The van der Waals surface area contributed by atoms with Gasteiger partial charge in [0.2, 0.25) is 11.8 Å². The molecule has 8 nitrogen and oxygen atoms in total. The number of hydrogen-bond donors (Lipinski definition) is 3. The number of carbonyl (C=O) groups excluding carboxylic acids is 2. The molecule has 0 unspecified atom stereocenters. The lowest BCUT2D eigenvalue weighted by Gasteiger charge is -2.06. The summed E-state index contributed by atoms with van der Waals surface area (Å²) in [6.07, 6.45) is 3.50. The van der Waals surface area contributed by atoms with E-state index in [9.17, 15) is 9.59 Å². The Morgan fingerprint density at radius 1 is 0.968 bits per heavy atom. The van der Waals surface area contributed by atoms with Crippen molar-refractivity contribution in [3.8, 4) is 22.9 Å². The summed E-state index contributed by atoms with van der Waals surface area (Å²) >= 11 is 1.44. The maximum absolute atomic E-state index is 12.3. The zero-order chi connectivity index (χ0) is 21.6. The quantitative estimate of drug-likeness (QED) is 0.335. The zero-order valence-corrected chi connectivity index (χ0v) is 17.5. The number of carbonyl (C=O) groups is 2. The number of aromatic nitrogens is 2. The molecule has 3 heterocycles. The molecular weight excluding hydrogens is 416 g/mol. The van der Waals surface area contributed by atoms with Crippen molar-refractivity contribution in [1.82, 2.24) is 9.97 Å². The van der Waals surface area contributed by atoms with Crippen LogP contribution >= 0.6 is 11.8 Å². The molecule has 0 aliphatic rings. The Hall–Kier alpha value is -3.72. The third kappa shape index (κ3) is 5.26. The highest BCUT2D eigenvalue weighted by atomic mass is 32.2. The third-order valence-corrected chi connectivity index (χ3v) is 5.14. The van der Waals surface area contributed by atoms with Gasteiger partial charge in [-0.3, -0.25) is 9.59 Å². The van der Waals surface area contributed by atoms with Crippen molar-refractivity contribution in [3.05, 3.63) is 61.1 Å². The van der Waals surface area contributed by atoms with Crippen molar-refractivity contribution >= 4 is 35.0 Å². The molecule has 0 radical (unpaired) electrons. The minimum Gasteiger partial charge on any atom is -0.463 e. The highest BCUT2D eigenvalue weighted by molar-refractivity contribution is 7.99. The standard InChI is InChI=1S/C22H20N4O4S/c1-14(27)23-15-6-8-16(9-7-15)24-19(28)10-13-31-22-25-20(17-4-2-11-29-17)21(26-22)18-5-3-12-30-18/h2-9,11-12H,10,13H2,1H3,(H,23,27)(H,24,28)(H,25,26). The van der Waals surface area contributed by atoms with E-state index in [2.05, 4.69) is 20.6 Å². The van der Waals surface area contributed by atoms with Crippen LogP contribution in [0.5, 0.6) is 0 Å². The van der Waals surface area contributed by atoms with Gasteiger partial charge in [0.15, 0.2) is 16.7 Å². The fourth-order valence-electron chi connectivity index (χ4n) is 2.91. The van der Waals surface area contributed by atoms with Crippen LogP contribution < -0.4 is 10.6 Å². The Kier molecular flexibility index (Phi) is 6.23. The number of benzene rings is 1. The number of thioether (sulfide) groups is 1. The second-order valence-corrected chi connectivity index (χ2v) is 7.71. The molecular formula is C22H20N4O4S. The molecule has 2 amide bonds. The molecule has 158 valence electrons. The van der Waals surface area contributed by atoms with Gasteiger partial charge < -0.3 is 24.5 Å². The number of aromatic amines is 1. The first-order chi connectivity index (χ1) is 15.1. The van der Waals surface area contributed by atoms with Crippen LogP contribution in [0.2, 0.25) is 0 Å². The lowest BCUT2D eigenvalue weighted by Crippen LogP contribution is -2.12. The first kappa shape index (κ1) is 20.5. The summed E-state index contributed by atoms with van der Waals surface area (Å²) in [4.78, 5) is 31.2. The van der Waals surface area contributed by atoms with Crippen molar-refractivity contribution in [3.63, 3.8) is 0 Å². The smallest absolute Gasteiger partial charge is 0.225 e. The molecule has 0 bridgehead atoms. The van der Waals surface area contributed by atoms with Crippen molar-refractivity contribution in [2.24, 2.45) is 0 Å². The molecule has 0 fully saturated rings. The van der Waals surface area contributed by atoms with E-state index in [-0.39, 0.29) is 11.8 Å². The summed E-state index contributed by atoms with van der Waals surface area (Å²) in [5.74, 6) is 1.58. The molecule has 0 atom stereocenters. The van der Waals surface area contributed by atoms with Crippen molar-refractivity contribution in [2.45, 2.75) is 18.5 Å². The van der Waals surface area contributed by atoms with Crippen LogP contribution in [0, 0.1) is 0 Å². The number of rotatable bonds is 8. The van der Waals surface area contributed by atoms with Crippen molar-refractivity contribution < 1.29 is 18.4 Å². The van der Waals surface area contributed by atoms with E-state index < -0.39 is 0 Å². The molecule has 1 aromatic carbocycles. The summed E-state index contributed by atoms with van der Waals surface area (Å²) < 4.78 is 11.0. The molecule has 4 rings (SSSR count). The molecule has 0 saturated heterocycles.